The molecule has 1 aromatic rings. The first kappa shape index (κ1) is 11.3. The van der Waals surface area contributed by atoms with Crippen LogP contribution in [0, 0.1) is 0 Å². The number of anilines is 1. The average molecular weight is 236 g/mol. The Morgan fingerprint density at radius 2 is 1.94 bits per heavy atom. The van der Waals surface area contributed by atoms with Crippen LogP contribution in [0.4, 0.5) is 5.82 Å². The van der Waals surface area contributed by atoms with Gasteiger partial charge < -0.3 is 11.1 Å². The molecule has 1 aliphatic rings. The number of aromatic nitrogens is 2. The van der Waals surface area contributed by atoms with Crippen molar-refractivity contribution in [2.75, 3.05) is 5.32 Å². The summed E-state index contributed by atoms with van der Waals surface area (Å²) in [5.41, 5.74) is 6.21. The lowest BCUT2D eigenvalue weighted by molar-refractivity contribution is 0.461. The lowest BCUT2D eigenvalue weighted by Crippen LogP contribution is -2.25. The SMILES string of the molecule is NC(=S)c1nccnc1NC1CCCCC1. The normalized spacial score (nSPS) is 17.0. The predicted octanol–water partition coefficient (Wildman–Crippen LogP) is 1.86. The quantitative estimate of drug-likeness (QED) is 0.784. The minimum atomic E-state index is 0.298. The maximum atomic E-state index is 5.61. The van der Waals surface area contributed by atoms with Gasteiger partial charge in [-0.3, -0.25) is 0 Å². The van der Waals surface area contributed by atoms with E-state index in [1.165, 1.54) is 32.1 Å². The lowest BCUT2D eigenvalue weighted by atomic mass is 9.95. The Bertz CT molecular complexity index is 374. The molecule has 0 aromatic carbocycles. The van der Waals surface area contributed by atoms with Crippen molar-refractivity contribution < 1.29 is 0 Å². The van der Waals surface area contributed by atoms with Gasteiger partial charge in [-0.1, -0.05) is 31.5 Å². The van der Waals surface area contributed by atoms with Gasteiger partial charge in [0.05, 0.1) is 0 Å². The molecule has 1 aliphatic carbocycles. The Labute approximate surface area is 101 Å². The zero-order valence-corrected chi connectivity index (χ0v) is 9.96. The number of nitrogens with one attached hydrogen (secondary N) is 1. The average Bonchev–Trinajstić information content (AvgIpc) is 2.31. The molecule has 4 nitrogen and oxygen atoms in total. The summed E-state index contributed by atoms with van der Waals surface area (Å²) in [7, 11) is 0. The molecular formula is C11H16N4S. The van der Waals surface area contributed by atoms with Crippen LogP contribution in [0.15, 0.2) is 12.4 Å². The molecule has 0 bridgehead atoms. The second-order valence-corrected chi connectivity index (χ2v) is 4.54. The van der Waals surface area contributed by atoms with Crippen LogP contribution in [0.25, 0.3) is 0 Å². The number of nitrogens with two attached hydrogens (primary N) is 1. The Morgan fingerprint density at radius 3 is 2.62 bits per heavy atom. The summed E-state index contributed by atoms with van der Waals surface area (Å²) >= 11 is 4.95. The number of nitrogens with zero attached hydrogens (tertiary/aromatic N) is 2. The fraction of sp³-hybridized carbons (Fsp3) is 0.545. The molecule has 1 fully saturated rings. The number of hydrogen-bond donors (Lipinski definition) is 2. The molecule has 1 saturated carbocycles. The minimum Gasteiger partial charge on any atom is -0.388 e. The van der Waals surface area contributed by atoms with Gasteiger partial charge in [-0.2, -0.15) is 0 Å². The Morgan fingerprint density at radius 1 is 1.25 bits per heavy atom. The van der Waals surface area contributed by atoms with Crippen molar-refractivity contribution in [2.24, 2.45) is 5.73 Å². The summed E-state index contributed by atoms with van der Waals surface area (Å²) in [5, 5.41) is 3.39. The van der Waals surface area contributed by atoms with E-state index >= 15 is 0 Å². The van der Waals surface area contributed by atoms with E-state index in [4.69, 9.17) is 18.0 Å². The first-order valence-electron chi connectivity index (χ1n) is 5.64. The van der Waals surface area contributed by atoms with Gasteiger partial charge in [0.2, 0.25) is 0 Å². The third-order valence-electron chi connectivity index (χ3n) is 2.88. The molecule has 86 valence electrons. The van der Waals surface area contributed by atoms with Crippen molar-refractivity contribution in [1.29, 1.82) is 0 Å². The van der Waals surface area contributed by atoms with Crippen LogP contribution < -0.4 is 11.1 Å². The molecule has 0 atom stereocenters. The lowest BCUT2D eigenvalue weighted by Gasteiger charge is -2.23. The van der Waals surface area contributed by atoms with Crippen molar-refractivity contribution in [2.45, 2.75) is 38.1 Å². The minimum absolute atomic E-state index is 0.298. The summed E-state index contributed by atoms with van der Waals surface area (Å²) in [5.74, 6) is 0.724. The second kappa shape index (κ2) is 5.21. The highest BCUT2D eigenvalue weighted by molar-refractivity contribution is 7.80. The van der Waals surface area contributed by atoms with E-state index in [1.54, 1.807) is 12.4 Å². The van der Waals surface area contributed by atoms with Crippen LogP contribution in [-0.4, -0.2) is 21.0 Å². The highest BCUT2D eigenvalue weighted by Crippen LogP contribution is 2.21. The molecule has 0 unspecified atom stereocenters. The number of rotatable bonds is 3. The second-order valence-electron chi connectivity index (χ2n) is 4.10. The number of hydrogen-bond acceptors (Lipinski definition) is 4. The first-order valence-corrected chi connectivity index (χ1v) is 6.05. The van der Waals surface area contributed by atoms with E-state index in [1.807, 2.05) is 0 Å². The van der Waals surface area contributed by atoms with Crippen LogP contribution in [0.3, 0.4) is 0 Å². The van der Waals surface area contributed by atoms with E-state index in [0.29, 0.717) is 16.7 Å². The highest BCUT2D eigenvalue weighted by Gasteiger charge is 2.16. The van der Waals surface area contributed by atoms with Crippen LogP contribution in [0.1, 0.15) is 37.8 Å². The molecule has 16 heavy (non-hydrogen) atoms. The summed E-state index contributed by atoms with van der Waals surface area (Å²) < 4.78 is 0. The molecule has 0 spiro atoms. The van der Waals surface area contributed by atoms with Crippen LogP contribution in [0.5, 0.6) is 0 Å². The van der Waals surface area contributed by atoms with Crippen LogP contribution in [0.2, 0.25) is 0 Å². The topological polar surface area (TPSA) is 63.8 Å². The van der Waals surface area contributed by atoms with Gasteiger partial charge in [0.1, 0.15) is 10.7 Å². The molecule has 0 saturated heterocycles. The zero-order chi connectivity index (χ0) is 11.4. The summed E-state index contributed by atoms with van der Waals surface area (Å²) in [4.78, 5) is 8.70. The fourth-order valence-corrected chi connectivity index (χ4v) is 2.21. The molecular weight excluding hydrogens is 220 g/mol. The van der Waals surface area contributed by atoms with Crippen LogP contribution in [-0.2, 0) is 0 Å². The van der Waals surface area contributed by atoms with Gasteiger partial charge in [-0.05, 0) is 12.8 Å². The van der Waals surface area contributed by atoms with E-state index in [9.17, 15) is 0 Å². The Balaban J connectivity index is 2.10. The molecule has 1 aromatic heterocycles. The van der Waals surface area contributed by atoms with Gasteiger partial charge >= 0.3 is 0 Å². The van der Waals surface area contributed by atoms with E-state index in [0.717, 1.165) is 5.82 Å². The monoisotopic (exact) mass is 236 g/mol. The molecule has 3 N–H and O–H groups in total. The molecule has 0 aliphatic heterocycles. The molecule has 0 radical (unpaired) electrons. The Kier molecular flexibility index (Phi) is 3.66. The molecule has 1 heterocycles. The van der Waals surface area contributed by atoms with Crippen LogP contribution >= 0.6 is 12.2 Å². The highest BCUT2D eigenvalue weighted by atomic mass is 32.1. The van der Waals surface area contributed by atoms with E-state index in [2.05, 4.69) is 15.3 Å². The third kappa shape index (κ3) is 2.66. The van der Waals surface area contributed by atoms with E-state index < -0.39 is 0 Å². The van der Waals surface area contributed by atoms with Crippen molar-refractivity contribution >= 4 is 23.0 Å². The Hall–Kier alpha value is -1.23. The van der Waals surface area contributed by atoms with Gasteiger partial charge in [0.25, 0.3) is 0 Å². The molecule has 5 heteroatoms. The first-order chi connectivity index (χ1) is 7.77. The van der Waals surface area contributed by atoms with Gasteiger partial charge in [0, 0.05) is 18.4 Å². The summed E-state index contributed by atoms with van der Waals surface area (Å²) in [6.07, 6.45) is 9.54. The standard InChI is InChI=1S/C11H16N4S/c12-10(16)9-11(14-7-6-13-9)15-8-4-2-1-3-5-8/h6-8H,1-5H2,(H2,12,16)(H,14,15). The zero-order valence-electron chi connectivity index (χ0n) is 9.15. The van der Waals surface area contributed by atoms with Crippen molar-refractivity contribution in [3.05, 3.63) is 18.1 Å². The summed E-state index contributed by atoms with van der Waals surface area (Å²) in [6, 6.07) is 0.485. The van der Waals surface area contributed by atoms with Crippen molar-refractivity contribution in [3.63, 3.8) is 0 Å². The third-order valence-corrected chi connectivity index (χ3v) is 3.07. The van der Waals surface area contributed by atoms with Gasteiger partial charge in [-0.15, -0.1) is 0 Å². The van der Waals surface area contributed by atoms with Crippen molar-refractivity contribution in [1.82, 2.24) is 9.97 Å². The van der Waals surface area contributed by atoms with Crippen molar-refractivity contribution in [3.8, 4) is 0 Å². The van der Waals surface area contributed by atoms with E-state index in [-0.39, 0.29) is 0 Å². The van der Waals surface area contributed by atoms with Gasteiger partial charge in [-0.25, -0.2) is 9.97 Å². The largest absolute Gasteiger partial charge is 0.388 e. The summed E-state index contributed by atoms with van der Waals surface area (Å²) in [6.45, 7) is 0. The maximum Gasteiger partial charge on any atom is 0.155 e. The fourth-order valence-electron chi connectivity index (χ4n) is 2.06. The smallest absolute Gasteiger partial charge is 0.155 e. The number of thiocarbonyl (C=S) groups is 1. The predicted molar refractivity (Wildman–Crippen MR) is 68.4 cm³/mol. The van der Waals surface area contributed by atoms with Gasteiger partial charge in [0.15, 0.2) is 5.82 Å². The maximum absolute atomic E-state index is 5.61. The molecule has 2 rings (SSSR count). The molecule has 0 amide bonds.